The number of hydrogen-bond acceptors (Lipinski definition) is 7. The van der Waals surface area contributed by atoms with E-state index in [0.29, 0.717) is 5.69 Å². The molecule has 0 aliphatic carbocycles. The predicted octanol–water partition coefficient (Wildman–Crippen LogP) is 0.983. The zero-order valence-corrected chi connectivity index (χ0v) is 14.7. The van der Waals surface area contributed by atoms with E-state index in [1.165, 1.54) is 24.1 Å². The first kappa shape index (κ1) is 17.2. The van der Waals surface area contributed by atoms with Crippen molar-refractivity contribution in [2.45, 2.75) is 4.21 Å². The molecule has 25 heavy (non-hydrogen) atoms. The van der Waals surface area contributed by atoms with Crippen molar-refractivity contribution in [1.29, 1.82) is 0 Å². The van der Waals surface area contributed by atoms with E-state index >= 15 is 0 Å². The molecule has 0 atom stereocenters. The van der Waals surface area contributed by atoms with Crippen molar-refractivity contribution in [1.82, 2.24) is 24.5 Å². The molecule has 0 aliphatic rings. The molecule has 0 aliphatic heterocycles. The summed E-state index contributed by atoms with van der Waals surface area (Å²) in [4.78, 5) is 12.1. The number of aromatic nitrogens is 4. The van der Waals surface area contributed by atoms with Gasteiger partial charge < -0.3 is 5.32 Å². The van der Waals surface area contributed by atoms with Crippen molar-refractivity contribution >= 4 is 33.0 Å². The van der Waals surface area contributed by atoms with Gasteiger partial charge in [-0.05, 0) is 46.1 Å². The molecule has 2 heterocycles. The van der Waals surface area contributed by atoms with Crippen molar-refractivity contribution in [2.75, 3.05) is 18.9 Å². The lowest BCUT2D eigenvalue weighted by Gasteiger charge is -2.15. The Balaban J connectivity index is 1.63. The summed E-state index contributed by atoms with van der Waals surface area (Å²) in [5.41, 5.74) is 1.28. The summed E-state index contributed by atoms with van der Waals surface area (Å²) in [5, 5.41) is 15.2. The third kappa shape index (κ3) is 3.90. The van der Waals surface area contributed by atoms with Crippen LogP contribution in [0.2, 0.25) is 0 Å². The minimum Gasteiger partial charge on any atom is -0.325 e. The van der Waals surface area contributed by atoms with Gasteiger partial charge in [-0.3, -0.25) is 4.79 Å². The van der Waals surface area contributed by atoms with E-state index in [9.17, 15) is 13.2 Å². The van der Waals surface area contributed by atoms with Crippen molar-refractivity contribution in [3.63, 3.8) is 0 Å². The summed E-state index contributed by atoms with van der Waals surface area (Å²) in [6.45, 7) is -0.283. The van der Waals surface area contributed by atoms with Crippen LogP contribution in [0.5, 0.6) is 0 Å². The third-order valence-electron chi connectivity index (χ3n) is 3.29. The van der Waals surface area contributed by atoms with Crippen LogP contribution in [0.25, 0.3) is 5.69 Å². The summed E-state index contributed by atoms with van der Waals surface area (Å²) in [5.74, 6) is -0.433. The van der Waals surface area contributed by atoms with Gasteiger partial charge in [0, 0.05) is 12.7 Å². The zero-order valence-electron chi connectivity index (χ0n) is 13.1. The molecule has 0 unspecified atom stereocenters. The maximum atomic E-state index is 12.3. The molecule has 0 saturated heterocycles. The van der Waals surface area contributed by atoms with Crippen molar-refractivity contribution in [3.8, 4) is 5.69 Å². The summed E-state index contributed by atoms with van der Waals surface area (Å²) < 4.78 is 27.3. The Morgan fingerprint density at radius 2 is 2.04 bits per heavy atom. The first-order valence-corrected chi connectivity index (χ1v) is 9.42. The Hall–Kier alpha value is -2.63. The van der Waals surface area contributed by atoms with E-state index in [1.807, 2.05) is 0 Å². The van der Waals surface area contributed by atoms with E-state index in [4.69, 9.17) is 0 Å². The fourth-order valence-electron chi connectivity index (χ4n) is 2.03. The first-order valence-electron chi connectivity index (χ1n) is 7.10. The van der Waals surface area contributed by atoms with Gasteiger partial charge in [-0.1, -0.05) is 6.07 Å². The minimum atomic E-state index is -3.65. The van der Waals surface area contributed by atoms with Gasteiger partial charge in [-0.2, -0.15) is 4.31 Å². The molecule has 2 aromatic heterocycles. The van der Waals surface area contributed by atoms with Crippen LogP contribution in [0.3, 0.4) is 0 Å². The van der Waals surface area contributed by atoms with Crippen LogP contribution in [-0.4, -0.2) is 52.4 Å². The fraction of sp³-hybridized carbons (Fsp3) is 0.143. The SMILES string of the molecule is CN(CC(=O)Nc1ccc(-n2cnnn2)cc1)S(=O)(=O)c1cccs1. The highest BCUT2D eigenvalue weighted by molar-refractivity contribution is 7.91. The largest absolute Gasteiger partial charge is 0.325 e. The van der Waals surface area contributed by atoms with Gasteiger partial charge in [0.15, 0.2) is 0 Å². The van der Waals surface area contributed by atoms with Crippen LogP contribution in [0, 0.1) is 0 Å². The number of likely N-dealkylation sites (N-methyl/N-ethyl adjacent to an activating group) is 1. The molecule has 0 bridgehead atoms. The molecule has 1 N–H and O–H groups in total. The molecule has 1 aromatic carbocycles. The lowest BCUT2D eigenvalue weighted by atomic mass is 10.3. The van der Waals surface area contributed by atoms with E-state index in [2.05, 4.69) is 20.8 Å². The number of benzene rings is 1. The lowest BCUT2D eigenvalue weighted by Crippen LogP contribution is -2.34. The highest BCUT2D eigenvalue weighted by Crippen LogP contribution is 2.19. The maximum absolute atomic E-state index is 12.3. The number of nitrogens with zero attached hydrogens (tertiary/aromatic N) is 5. The van der Waals surface area contributed by atoms with Gasteiger partial charge >= 0.3 is 0 Å². The number of hydrogen-bond donors (Lipinski definition) is 1. The molecule has 0 radical (unpaired) electrons. The second-order valence-corrected chi connectivity index (χ2v) is 8.26. The molecular formula is C14H14N6O3S2. The number of sulfonamides is 1. The second-order valence-electron chi connectivity index (χ2n) is 5.04. The Labute approximate surface area is 147 Å². The Bertz CT molecular complexity index is 937. The number of carbonyl (C=O) groups excluding carboxylic acids is 1. The van der Waals surface area contributed by atoms with Gasteiger partial charge in [0.2, 0.25) is 5.91 Å². The Kier molecular flexibility index (Phi) is 4.88. The predicted molar refractivity (Wildman–Crippen MR) is 91.9 cm³/mol. The topological polar surface area (TPSA) is 110 Å². The van der Waals surface area contributed by atoms with Gasteiger partial charge in [0.05, 0.1) is 12.2 Å². The van der Waals surface area contributed by atoms with Crippen LogP contribution in [0.4, 0.5) is 5.69 Å². The molecule has 0 fully saturated rings. The lowest BCUT2D eigenvalue weighted by molar-refractivity contribution is -0.116. The Morgan fingerprint density at radius 1 is 1.28 bits per heavy atom. The highest BCUT2D eigenvalue weighted by atomic mass is 32.2. The molecule has 11 heteroatoms. The number of carbonyl (C=O) groups is 1. The number of rotatable bonds is 6. The first-order chi connectivity index (χ1) is 12.0. The van der Waals surface area contributed by atoms with Gasteiger partial charge in [0.25, 0.3) is 10.0 Å². The smallest absolute Gasteiger partial charge is 0.252 e. The van der Waals surface area contributed by atoms with Crippen LogP contribution < -0.4 is 5.32 Å². The summed E-state index contributed by atoms with van der Waals surface area (Å²) in [7, 11) is -2.28. The number of tetrazole rings is 1. The van der Waals surface area contributed by atoms with Gasteiger partial charge in [-0.15, -0.1) is 16.4 Å². The van der Waals surface area contributed by atoms with Crippen molar-refractivity contribution in [2.24, 2.45) is 0 Å². The van der Waals surface area contributed by atoms with Crippen LogP contribution in [-0.2, 0) is 14.8 Å². The number of nitrogens with one attached hydrogen (secondary N) is 1. The second kappa shape index (κ2) is 7.09. The zero-order chi connectivity index (χ0) is 17.9. The molecular weight excluding hydrogens is 364 g/mol. The minimum absolute atomic E-state index is 0.202. The van der Waals surface area contributed by atoms with Gasteiger partial charge in [-0.25, -0.2) is 13.1 Å². The van der Waals surface area contributed by atoms with E-state index < -0.39 is 15.9 Å². The molecule has 0 spiro atoms. The average Bonchev–Trinajstić information content (AvgIpc) is 3.29. The summed E-state index contributed by atoms with van der Waals surface area (Å²) >= 11 is 1.11. The Morgan fingerprint density at radius 3 is 2.64 bits per heavy atom. The number of thiophene rings is 1. The molecule has 1 amide bonds. The van der Waals surface area contributed by atoms with Crippen LogP contribution in [0.15, 0.2) is 52.3 Å². The highest BCUT2D eigenvalue weighted by Gasteiger charge is 2.23. The molecule has 0 saturated carbocycles. The molecule has 130 valence electrons. The maximum Gasteiger partial charge on any atom is 0.252 e. The fourth-order valence-corrected chi connectivity index (χ4v) is 4.36. The monoisotopic (exact) mass is 378 g/mol. The quantitative estimate of drug-likeness (QED) is 0.685. The average molecular weight is 378 g/mol. The third-order valence-corrected chi connectivity index (χ3v) is 6.47. The molecule has 3 rings (SSSR count). The van der Waals surface area contributed by atoms with Crippen molar-refractivity contribution < 1.29 is 13.2 Å². The van der Waals surface area contributed by atoms with Gasteiger partial charge in [0.1, 0.15) is 10.5 Å². The van der Waals surface area contributed by atoms with E-state index in [1.54, 1.807) is 35.7 Å². The molecule has 9 nitrogen and oxygen atoms in total. The number of anilines is 1. The van der Waals surface area contributed by atoms with Crippen LogP contribution in [0.1, 0.15) is 0 Å². The van der Waals surface area contributed by atoms with Crippen molar-refractivity contribution in [3.05, 3.63) is 48.1 Å². The van der Waals surface area contributed by atoms with Crippen LogP contribution >= 0.6 is 11.3 Å². The number of amides is 1. The summed E-state index contributed by atoms with van der Waals surface area (Å²) in [6, 6.07) is 9.99. The normalized spacial score (nSPS) is 11.6. The molecule has 3 aromatic rings. The standard InChI is InChI=1S/C14H14N6O3S2/c1-19(25(22,23)14-3-2-8-24-14)9-13(21)16-11-4-6-12(7-5-11)20-10-15-17-18-20/h2-8,10H,9H2,1H3,(H,16,21). The summed E-state index contributed by atoms with van der Waals surface area (Å²) in [6.07, 6.45) is 1.46. The van der Waals surface area contributed by atoms with E-state index in [-0.39, 0.29) is 10.8 Å². The van der Waals surface area contributed by atoms with E-state index in [0.717, 1.165) is 21.3 Å².